The molecule has 0 N–H and O–H groups in total. The summed E-state index contributed by atoms with van der Waals surface area (Å²) in [5.41, 5.74) is 1.56. The van der Waals surface area contributed by atoms with E-state index in [0.717, 1.165) is 0 Å². The van der Waals surface area contributed by atoms with Crippen molar-refractivity contribution < 1.29 is 57.2 Å². The van der Waals surface area contributed by atoms with Gasteiger partial charge in [-0.05, 0) is 48.5 Å². The number of carbonyl (C=O) groups excluding carboxylic acids is 6. The van der Waals surface area contributed by atoms with Crippen molar-refractivity contribution >= 4 is 47.2 Å². The quantitative estimate of drug-likeness (QED) is 0.0988. The topological polar surface area (TPSA) is 189 Å². The Morgan fingerprint density at radius 1 is 0.460 bits per heavy atom. The molecule has 0 unspecified atom stereocenters. The summed E-state index contributed by atoms with van der Waals surface area (Å²) >= 11 is 0. The van der Waals surface area contributed by atoms with Crippen molar-refractivity contribution in [1.29, 1.82) is 0 Å². The Bertz CT molecular complexity index is 1280. The molecular formula is C34H44N4O12. The van der Waals surface area contributed by atoms with E-state index in [4.69, 9.17) is 9.47 Å². The van der Waals surface area contributed by atoms with Crippen molar-refractivity contribution in [2.75, 3.05) is 80.9 Å². The zero-order valence-corrected chi connectivity index (χ0v) is 28.8. The molecule has 0 bridgehead atoms. The third-order valence-corrected chi connectivity index (χ3v) is 7.21. The Kier molecular flexibility index (Phi) is 19.0. The lowest BCUT2D eigenvalue weighted by Gasteiger charge is -2.21. The van der Waals surface area contributed by atoms with Crippen LogP contribution in [0.3, 0.4) is 0 Å². The molecule has 0 atom stereocenters. The van der Waals surface area contributed by atoms with Gasteiger partial charge >= 0.3 is 35.8 Å². The Balaban J connectivity index is 1.84. The van der Waals surface area contributed by atoms with E-state index in [2.05, 4.69) is 29.2 Å². The molecule has 0 aliphatic rings. The van der Waals surface area contributed by atoms with Gasteiger partial charge in [-0.3, -0.25) is 29.0 Å². The van der Waals surface area contributed by atoms with Gasteiger partial charge in [0.25, 0.3) is 0 Å². The highest BCUT2D eigenvalue weighted by atomic mass is 16.5. The lowest BCUT2D eigenvalue weighted by atomic mass is 10.2. The summed E-state index contributed by atoms with van der Waals surface area (Å²) in [4.78, 5) is 74.8. The third kappa shape index (κ3) is 16.3. The normalized spacial score (nSPS) is 10.9. The van der Waals surface area contributed by atoms with Crippen molar-refractivity contribution in [2.24, 2.45) is 10.2 Å². The highest BCUT2D eigenvalue weighted by Gasteiger charge is 2.15. The molecule has 2 aromatic carbocycles. The fraction of sp³-hybridized carbons (Fsp3) is 0.471. The van der Waals surface area contributed by atoms with Crippen molar-refractivity contribution in [3.63, 3.8) is 0 Å². The number of methoxy groups -OCH3 is 4. The molecule has 0 aliphatic carbocycles. The minimum Gasteiger partial charge on any atom is -0.469 e. The van der Waals surface area contributed by atoms with E-state index in [0.29, 0.717) is 61.8 Å². The summed E-state index contributed by atoms with van der Waals surface area (Å²) in [6.45, 7) is 2.00. The molecule has 50 heavy (non-hydrogen) atoms. The standard InChI is InChI=1S/C34H44N4O12/c1-45-29(39)13-17-37(18-14-30(40)46-2)21-23-49-33(43)25-5-9-27(10-6-25)35-36-28-11-7-26(8-12-28)34(44)50-24-22-38(19-15-31(41)47-3)20-16-32(42)48-4/h5-12H,13-24H2,1-4H3. The van der Waals surface area contributed by atoms with Crippen molar-refractivity contribution in [1.82, 2.24) is 9.80 Å². The van der Waals surface area contributed by atoms with Crippen LogP contribution in [0.1, 0.15) is 46.4 Å². The average Bonchev–Trinajstić information content (AvgIpc) is 3.14. The highest BCUT2D eigenvalue weighted by Crippen LogP contribution is 2.20. The molecule has 16 nitrogen and oxygen atoms in total. The first-order chi connectivity index (χ1) is 24.1. The fourth-order valence-corrected chi connectivity index (χ4v) is 4.22. The van der Waals surface area contributed by atoms with E-state index < -0.39 is 11.9 Å². The Morgan fingerprint density at radius 2 is 0.740 bits per heavy atom. The van der Waals surface area contributed by atoms with Gasteiger partial charge in [0.2, 0.25) is 0 Å². The van der Waals surface area contributed by atoms with Crippen molar-refractivity contribution in [3.8, 4) is 0 Å². The van der Waals surface area contributed by atoms with Gasteiger partial charge in [-0.1, -0.05) is 0 Å². The van der Waals surface area contributed by atoms with Crippen molar-refractivity contribution in [2.45, 2.75) is 25.7 Å². The summed E-state index contributed by atoms with van der Waals surface area (Å²) in [6.07, 6.45) is 0.504. The second-order valence-corrected chi connectivity index (χ2v) is 10.6. The summed E-state index contributed by atoms with van der Waals surface area (Å²) in [6, 6.07) is 12.6. The summed E-state index contributed by atoms with van der Waals surface area (Å²) in [5.74, 6) is -2.65. The van der Waals surface area contributed by atoms with Crippen LogP contribution in [0.25, 0.3) is 0 Å². The van der Waals surface area contributed by atoms with Gasteiger partial charge in [-0.25, -0.2) is 9.59 Å². The Hall–Kier alpha value is -5.22. The maximum absolute atomic E-state index is 12.5. The molecule has 272 valence electrons. The predicted octanol–water partition coefficient (Wildman–Crippen LogP) is 3.27. The predicted molar refractivity (Wildman–Crippen MR) is 177 cm³/mol. The first-order valence-corrected chi connectivity index (χ1v) is 15.8. The number of azo groups is 1. The van der Waals surface area contributed by atoms with Gasteiger partial charge in [-0.15, -0.1) is 0 Å². The van der Waals surface area contributed by atoms with Gasteiger partial charge in [-0.2, -0.15) is 10.2 Å². The van der Waals surface area contributed by atoms with E-state index >= 15 is 0 Å². The van der Waals surface area contributed by atoms with Crippen LogP contribution in [0.2, 0.25) is 0 Å². The molecule has 0 saturated carbocycles. The fourth-order valence-electron chi connectivity index (χ4n) is 4.22. The van der Waals surface area contributed by atoms with E-state index in [-0.39, 0.29) is 62.8 Å². The maximum atomic E-state index is 12.5. The average molecular weight is 701 g/mol. The largest absolute Gasteiger partial charge is 0.469 e. The summed E-state index contributed by atoms with van der Waals surface area (Å²) in [7, 11) is 5.18. The molecule has 0 fully saturated rings. The Labute approximate surface area is 290 Å². The van der Waals surface area contributed by atoms with Crippen LogP contribution in [0.4, 0.5) is 11.4 Å². The second-order valence-electron chi connectivity index (χ2n) is 10.6. The molecular weight excluding hydrogens is 656 g/mol. The van der Waals surface area contributed by atoms with E-state index in [9.17, 15) is 28.8 Å². The van der Waals surface area contributed by atoms with Crippen LogP contribution < -0.4 is 0 Å². The Morgan fingerprint density at radius 3 is 1.00 bits per heavy atom. The van der Waals surface area contributed by atoms with Gasteiger partial charge < -0.3 is 28.4 Å². The van der Waals surface area contributed by atoms with E-state index in [1.54, 1.807) is 48.5 Å². The number of carbonyl (C=O) groups is 6. The molecule has 0 heterocycles. The lowest BCUT2D eigenvalue weighted by Crippen LogP contribution is -2.33. The molecule has 0 amide bonds. The lowest BCUT2D eigenvalue weighted by molar-refractivity contribution is -0.142. The molecule has 2 aromatic rings. The molecule has 0 radical (unpaired) electrons. The minimum absolute atomic E-state index is 0.0404. The van der Waals surface area contributed by atoms with E-state index in [1.165, 1.54) is 28.4 Å². The first kappa shape index (κ1) is 41.0. The summed E-state index contributed by atoms with van der Waals surface area (Å²) in [5, 5.41) is 8.33. The van der Waals surface area contributed by atoms with Gasteiger partial charge in [0.1, 0.15) is 13.2 Å². The molecule has 2 rings (SSSR count). The SMILES string of the molecule is COC(=O)CCN(CCOC(=O)c1ccc(N=Nc2ccc(C(=O)OCCN(CCC(=O)OC)CCC(=O)OC)cc2)cc1)CCC(=O)OC. The minimum atomic E-state index is -0.549. The van der Waals surface area contributed by atoms with Crippen LogP contribution in [0.5, 0.6) is 0 Å². The monoisotopic (exact) mass is 700 g/mol. The first-order valence-electron chi connectivity index (χ1n) is 15.8. The molecule has 0 spiro atoms. The molecule has 0 aromatic heterocycles. The number of benzene rings is 2. The van der Waals surface area contributed by atoms with Crippen LogP contribution in [0, 0.1) is 0 Å². The number of esters is 6. The van der Waals surface area contributed by atoms with E-state index in [1.807, 2.05) is 9.80 Å². The smallest absolute Gasteiger partial charge is 0.338 e. The van der Waals surface area contributed by atoms with Crippen molar-refractivity contribution in [3.05, 3.63) is 59.7 Å². The number of rotatable bonds is 22. The third-order valence-electron chi connectivity index (χ3n) is 7.21. The maximum Gasteiger partial charge on any atom is 0.338 e. The second kappa shape index (κ2) is 23.2. The van der Waals surface area contributed by atoms with Crippen LogP contribution in [-0.4, -0.2) is 127 Å². The molecule has 16 heteroatoms. The number of hydrogen-bond donors (Lipinski definition) is 0. The zero-order chi connectivity index (χ0) is 36.7. The van der Waals surface area contributed by atoms with Gasteiger partial charge in [0, 0.05) is 39.3 Å². The molecule has 0 saturated heterocycles. The number of ether oxygens (including phenoxy) is 6. The zero-order valence-electron chi connectivity index (χ0n) is 28.8. The van der Waals surface area contributed by atoms with Crippen LogP contribution >= 0.6 is 0 Å². The van der Waals surface area contributed by atoms with Crippen LogP contribution in [-0.2, 0) is 47.6 Å². The number of hydrogen-bond acceptors (Lipinski definition) is 16. The summed E-state index contributed by atoms with van der Waals surface area (Å²) < 4.78 is 29.4. The van der Waals surface area contributed by atoms with Gasteiger partial charge in [0.05, 0.1) is 76.6 Å². The van der Waals surface area contributed by atoms with Crippen LogP contribution in [0.15, 0.2) is 58.8 Å². The van der Waals surface area contributed by atoms with Gasteiger partial charge in [0.15, 0.2) is 0 Å². The molecule has 0 aliphatic heterocycles. The highest BCUT2D eigenvalue weighted by molar-refractivity contribution is 5.90. The number of nitrogens with zero attached hydrogens (tertiary/aromatic N) is 4.